The van der Waals surface area contributed by atoms with Crippen molar-refractivity contribution in [2.24, 2.45) is 0 Å². The van der Waals surface area contributed by atoms with Gasteiger partial charge in [-0.3, -0.25) is 24.7 Å². The maximum absolute atomic E-state index is 11.6. The van der Waals surface area contributed by atoms with Crippen LogP contribution in [0.5, 0.6) is 0 Å². The van der Waals surface area contributed by atoms with Gasteiger partial charge in [0.25, 0.3) is 0 Å². The van der Waals surface area contributed by atoms with Crippen LogP contribution in [-0.2, 0) is 9.59 Å². The van der Waals surface area contributed by atoms with Gasteiger partial charge in [0.2, 0.25) is 11.8 Å². The summed E-state index contributed by atoms with van der Waals surface area (Å²) in [5.74, 6) is -0.892. The maximum Gasteiger partial charge on any atom is 0.330 e. The van der Waals surface area contributed by atoms with Crippen LogP contribution in [0, 0.1) is 0 Å². The Labute approximate surface area is 99.9 Å². The second kappa shape index (κ2) is 4.83. The largest absolute Gasteiger partial charge is 0.330 e. The fourth-order valence-corrected chi connectivity index (χ4v) is 2.49. The van der Waals surface area contributed by atoms with Crippen molar-refractivity contribution in [3.63, 3.8) is 0 Å². The standard InChI is InChI=1S/C11H17N3O3/c1-2-13-5-3-4-8(13)7-14-10(16)6-9(15)12-11(14)17/h8H,2-7H2,1H3,(H,12,15,17). The van der Waals surface area contributed by atoms with Gasteiger partial charge in [0, 0.05) is 12.6 Å². The van der Waals surface area contributed by atoms with E-state index >= 15 is 0 Å². The molecule has 0 aliphatic carbocycles. The van der Waals surface area contributed by atoms with Gasteiger partial charge in [-0.05, 0) is 25.9 Å². The molecular weight excluding hydrogens is 222 g/mol. The molecule has 0 saturated carbocycles. The quantitative estimate of drug-likeness (QED) is 0.700. The van der Waals surface area contributed by atoms with E-state index in [0.29, 0.717) is 6.54 Å². The van der Waals surface area contributed by atoms with Crippen LogP contribution in [0.25, 0.3) is 0 Å². The molecule has 2 fully saturated rings. The van der Waals surface area contributed by atoms with Crippen molar-refractivity contribution in [3.05, 3.63) is 0 Å². The Bertz CT molecular complexity index is 336. The molecule has 1 N–H and O–H groups in total. The highest BCUT2D eigenvalue weighted by atomic mass is 16.2. The number of carbonyl (C=O) groups excluding carboxylic acids is 3. The Hall–Kier alpha value is -1.43. The number of urea groups is 1. The number of imide groups is 2. The Balaban J connectivity index is 2.00. The lowest BCUT2D eigenvalue weighted by Gasteiger charge is -2.30. The van der Waals surface area contributed by atoms with Crippen molar-refractivity contribution in [1.82, 2.24) is 15.1 Å². The minimum Gasteiger partial charge on any atom is -0.299 e. The van der Waals surface area contributed by atoms with Crippen LogP contribution in [-0.4, -0.2) is 53.3 Å². The van der Waals surface area contributed by atoms with Crippen LogP contribution in [0.1, 0.15) is 26.2 Å². The van der Waals surface area contributed by atoms with Gasteiger partial charge in [0.05, 0.1) is 0 Å². The average Bonchev–Trinajstić information content (AvgIpc) is 2.70. The van der Waals surface area contributed by atoms with Crippen molar-refractivity contribution < 1.29 is 14.4 Å². The van der Waals surface area contributed by atoms with Crippen LogP contribution < -0.4 is 5.32 Å². The molecule has 0 radical (unpaired) electrons. The second-order valence-corrected chi connectivity index (χ2v) is 4.46. The van der Waals surface area contributed by atoms with Crippen molar-refractivity contribution in [2.45, 2.75) is 32.2 Å². The maximum atomic E-state index is 11.6. The third kappa shape index (κ3) is 2.46. The number of amides is 4. The first-order valence-corrected chi connectivity index (χ1v) is 6.00. The number of carbonyl (C=O) groups is 3. The third-order valence-corrected chi connectivity index (χ3v) is 3.40. The average molecular weight is 239 g/mol. The van der Waals surface area contributed by atoms with E-state index in [9.17, 15) is 14.4 Å². The van der Waals surface area contributed by atoms with Crippen LogP contribution in [0.15, 0.2) is 0 Å². The van der Waals surface area contributed by atoms with Crippen LogP contribution in [0.2, 0.25) is 0 Å². The number of nitrogens with zero attached hydrogens (tertiary/aromatic N) is 2. The molecule has 0 aromatic heterocycles. The number of likely N-dealkylation sites (N-methyl/N-ethyl adjacent to an activating group) is 1. The lowest BCUT2D eigenvalue weighted by Crippen LogP contribution is -2.55. The van der Waals surface area contributed by atoms with Gasteiger partial charge in [-0.15, -0.1) is 0 Å². The minimum absolute atomic E-state index is 0.218. The van der Waals surface area contributed by atoms with Gasteiger partial charge < -0.3 is 0 Å². The summed E-state index contributed by atoms with van der Waals surface area (Å²) in [4.78, 5) is 37.6. The van der Waals surface area contributed by atoms with Crippen LogP contribution >= 0.6 is 0 Å². The van der Waals surface area contributed by atoms with E-state index in [0.717, 1.165) is 25.9 Å². The lowest BCUT2D eigenvalue weighted by molar-refractivity contribution is -0.136. The predicted molar refractivity (Wildman–Crippen MR) is 60.1 cm³/mol. The van der Waals surface area contributed by atoms with E-state index < -0.39 is 11.9 Å². The fourth-order valence-electron chi connectivity index (χ4n) is 2.49. The summed E-state index contributed by atoms with van der Waals surface area (Å²) in [6.45, 7) is 4.41. The minimum atomic E-state index is -0.575. The van der Waals surface area contributed by atoms with E-state index in [1.807, 2.05) is 0 Å². The Morgan fingerprint density at radius 1 is 1.35 bits per heavy atom. The predicted octanol–water partition coefficient (Wildman–Crippen LogP) is -0.0608. The molecule has 4 amide bonds. The highest BCUT2D eigenvalue weighted by Gasteiger charge is 2.34. The van der Waals surface area contributed by atoms with Crippen molar-refractivity contribution in [3.8, 4) is 0 Å². The number of hydrogen-bond donors (Lipinski definition) is 1. The summed E-state index contributed by atoms with van der Waals surface area (Å²) in [6.07, 6.45) is 1.88. The van der Waals surface area contributed by atoms with Gasteiger partial charge in [-0.2, -0.15) is 0 Å². The van der Waals surface area contributed by atoms with Crippen LogP contribution in [0.4, 0.5) is 4.79 Å². The summed E-state index contributed by atoms with van der Waals surface area (Å²) < 4.78 is 0. The molecule has 0 bridgehead atoms. The molecule has 0 spiro atoms. The molecule has 0 aromatic carbocycles. The van der Waals surface area contributed by atoms with Crippen molar-refractivity contribution in [1.29, 1.82) is 0 Å². The Morgan fingerprint density at radius 3 is 2.76 bits per heavy atom. The molecule has 1 atom stereocenters. The highest BCUT2D eigenvalue weighted by Crippen LogP contribution is 2.18. The van der Waals surface area contributed by atoms with E-state index in [1.165, 1.54) is 4.90 Å². The van der Waals surface area contributed by atoms with Crippen LogP contribution in [0.3, 0.4) is 0 Å². The molecule has 2 aliphatic heterocycles. The first kappa shape index (κ1) is 12.0. The van der Waals surface area contributed by atoms with Gasteiger partial charge >= 0.3 is 6.03 Å². The zero-order valence-corrected chi connectivity index (χ0v) is 9.94. The Morgan fingerprint density at radius 2 is 2.12 bits per heavy atom. The first-order chi connectivity index (χ1) is 8.11. The smallest absolute Gasteiger partial charge is 0.299 e. The Kier molecular flexibility index (Phi) is 3.42. The molecule has 2 heterocycles. The number of nitrogens with one attached hydrogen (secondary N) is 1. The molecule has 1 unspecified atom stereocenters. The fraction of sp³-hybridized carbons (Fsp3) is 0.727. The SMILES string of the molecule is CCN1CCCC1CN1C(=O)CC(=O)NC1=O. The molecule has 6 nitrogen and oxygen atoms in total. The van der Waals surface area contributed by atoms with Gasteiger partial charge in [0.1, 0.15) is 6.42 Å². The highest BCUT2D eigenvalue weighted by molar-refractivity contribution is 6.14. The third-order valence-electron chi connectivity index (χ3n) is 3.40. The zero-order valence-electron chi connectivity index (χ0n) is 9.94. The van der Waals surface area contributed by atoms with Crippen molar-refractivity contribution in [2.75, 3.05) is 19.6 Å². The summed E-state index contributed by atoms with van der Waals surface area (Å²) in [5.41, 5.74) is 0. The number of barbiturate groups is 1. The number of hydrogen-bond acceptors (Lipinski definition) is 4. The molecule has 0 aromatic rings. The molecule has 94 valence electrons. The van der Waals surface area contributed by atoms with Gasteiger partial charge in [0.15, 0.2) is 0 Å². The van der Waals surface area contributed by atoms with E-state index in [2.05, 4.69) is 17.1 Å². The van der Waals surface area contributed by atoms with Crippen molar-refractivity contribution >= 4 is 17.8 Å². The monoisotopic (exact) mass is 239 g/mol. The molecule has 2 aliphatic rings. The summed E-state index contributed by atoms with van der Waals surface area (Å²) in [6, 6.07) is -0.336. The first-order valence-electron chi connectivity index (χ1n) is 6.00. The summed E-state index contributed by atoms with van der Waals surface area (Å²) in [5, 5.41) is 2.18. The molecule has 2 saturated heterocycles. The topological polar surface area (TPSA) is 69.7 Å². The number of likely N-dealkylation sites (tertiary alicyclic amines) is 1. The van der Waals surface area contributed by atoms with E-state index in [-0.39, 0.29) is 18.4 Å². The molecular formula is C11H17N3O3. The van der Waals surface area contributed by atoms with E-state index in [1.54, 1.807) is 0 Å². The normalized spacial score (nSPS) is 26.5. The van der Waals surface area contributed by atoms with Gasteiger partial charge in [-0.1, -0.05) is 6.92 Å². The zero-order chi connectivity index (χ0) is 12.4. The molecule has 2 rings (SSSR count). The summed E-state index contributed by atoms with van der Waals surface area (Å²) in [7, 11) is 0. The number of rotatable bonds is 3. The molecule has 6 heteroatoms. The van der Waals surface area contributed by atoms with Gasteiger partial charge in [-0.25, -0.2) is 4.79 Å². The van der Waals surface area contributed by atoms with E-state index in [4.69, 9.17) is 0 Å². The summed E-state index contributed by atoms with van der Waals surface area (Å²) >= 11 is 0. The second-order valence-electron chi connectivity index (χ2n) is 4.46. The molecule has 17 heavy (non-hydrogen) atoms. The lowest BCUT2D eigenvalue weighted by atomic mass is 10.2.